The van der Waals surface area contributed by atoms with Gasteiger partial charge in [0.25, 0.3) is 0 Å². The molecule has 2 fully saturated rings. The number of carbonyl (C=O) groups is 1. The molecule has 2 aliphatic heterocycles. The van der Waals surface area contributed by atoms with Crippen molar-refractivity contribution in [3.63, 3.8) is 0 Å². The lowest BCUT2D eigenvalue weighted by Gasteiger charge is -2.34. The number of nitrogens with zero attached hydrogens (tertiary/aromatic N) is 3. The second-order valence-corrected chi connectivity index (χ2v) is 7.99. The molecule has 0 bridgehead atoms. The van der Waals surface area contributed by atoms with Crippen molar-refractivity contribution in [3.05, 3.63) is 41.6 Å². The van der Waals surface area contributed by atoms with Crippen molar-refractivity contribution in [1.82, 2.24) is 14.9 Å². The van der Waals surface area contributed by atoms with Crippen LogP contribution in [0.25, 0.3) is 0 Å². The van der Waals surface area contributed by atoms with E-state index in [0.29, 0.717) is 44.6 Å². The molecule has 27 heavy (non-hydrogen) atoms. The summed E-state index contributed by atoms with van der Waals surface area (Å²) < 4.78 is 11.2. The number of amides is 1. The zero-order chi connectivity index (χ0) is 18.3. The van der Waals surface area contributed by atoms with E-state index in [1.165, 1.54) is 12.8 Å². The number of hydrogen-bond donors (Lipinski definition) is 1. The van der Waals surface area contributed by atoms with Crippen LogP contribution in [0.1, 0.15) is 42.7 Å². The van der Waals surface area contributed by atoms with Gasteiger partial charge in [-0.25, -0.2) is 9.97 Å². The van der Waals surface area contributed by atoms with Gasteiger partial charge in [-0.2, -0.15) is 0 Å². The summed E-state index contributed by atoms with van der Waals surface area (Å²) in [5.41, 5.74) is 1.85. The smallest absolute Gasteiger partial charge is 0.223 e. The maximum absolute atomic E-state index is 12.6. The highest BCUT2D eigenvalue weighted by atomic mass is 16.5. The van der Waals surface area contributed by atoms with Crippen LogP contribution in [0.3, 0.4) is 0 Å². The predicted octanol–water partition coefficient (Wildman–Crippen LogP) is 2.48. The summed E-state index contributed by atoms with van der Waals surface area (Å²) >= 11 is 0. The number of anilines is 1. The topological polar surface area (TPSA) is 80.5 Å². The number of aromatic nitrogens is 2. The molecule has 7 nitrogen and oxygen atoms in total. The maximum atomic E-state index is 12.6. The Morgan fingerprint density at radius 3 is 3.15 bits per heavy atom. The van der Waals surface area contributed by atoms with Crippen molar-refractivity contribution in [2.45, 2.75) is 44.2 Å². The average Bonchev–Trinajstić information content (AvgIpc) is 3.18. The fraction of sp³-hybridized carbons (Fsp3) is 0.550. The van der Waals surface area contributed by atoms with Gasteiger partial charge in [-0.1, -0.05) is 0 Å². The van der Waals surface area contributed by atoms with E-state index in [1.54, 1.807) is 6.26 Å². The lowest BCUT2D eigenvalue weighted by Crippen LogP contribution is -2.41. The van der Waals surface area contributed by atoms with Gasteiger partial charge in [0.15, 0.2) is 0 Å². The number of carbonyl (C=O) groups excluding carboxylic acids is 1. The van der Waals surface area contributed by atoms with Crippen molar-refractivity contribution in [2.24, 2.45) is 5.92 Å². The number of fused-ring (bicyclic) bond motifs is 2. The Balaban J connectivity index is 1.35. The van der Waals surface area contributed by atoms with Crippen molar-refractivity contribution >= 4 is 11.9 Å². The molecule has 0 aromatic carbocycles. The highest BCUT2D eigenvalue weighted by molar-refractivity contribution is 5.77. The van der Waals surface area contributed by atoms with Crippen molar-refractivity contribution in [1.29, 1.82) is 0 Å². The first kappa shape index (κ1) is 16.7. The number of nitrogens with one attached hydrogen (secondary N) is 1. The summed E-state index contributed by atoms with van der Waals surface area (Å²) in [4.78, 5) is 23.8. The van der Waals surface area contributed by atoms with Crippen LogP contribution in [0, 0.1) is 5.92 Å². The predicted molar refractivity (Wildman–Crippen MR) is 97.9 cm³/mol. The molecule has 1 N–H and O–H groups in total. The van der Waals surface area contributed by atoms with E-state index in [1.807, 2.05) is 23.2 Å². The zero-order valence-corrected chi connectivity index (χ0v) is 15.3. The van der Waals surface area contributed by atoms with Crippen LogP contribution in [0.4, 0.5) is 5.95 Å². The van der Waals surface area contributed by atoms with Gasteiger partial charge in [0.2, 0.25) is 11.9 Å². The third-order valence-corrected chi connectivity index (χ3v) is 5.87. The summed E-state index contributed by atoms with van der Waals surface area (Å²) in [6.07, 6.45) is 7.50. The van der Waals surface area contributed by atoms with E-state index in [2.05, 4.69) is 10.3 Å². The standard InChI is InChI=1S/C20H24N4O3/c25-17(8-14-3-4-14)24-6-5-20(12-24)13-26-11-15-9-21-19(23-18(15)20)22-10-16-2-1-7-27-16/h1-2,7,9,14H,3-6,8,10-13H2,(H,21,22,23)/t20-/m1/s1. The largest absolute Gasteiger partial charge is 0.467 e. The Morgan fingerprint density at radius 2 is 2.33 bits per heavy atom. The quantitative estimate of drug-likeness (QED) is 0.873. The number of hydrogen-bond acceptors (Lipinski definition) is 6. The lowest BCUT2D eigenvalue weighted by molar-refractivity contribution is -0.130. The van der Waals surface area contributed by atoms with Gasteiger partial charge < -0.3 is 19.4 Å². The fourth-order valence-electron chi connectivity index (χ4n) is 4.16. The third-order valence-electron chi connectivity index (χ3n) is 5.87. The van der Waals surface area contributed by atoms with E-state index in [9.17, 15) is 4.79 Å². The molecule has 1 aliphatic carbocycles. The van der Waals surface area contributed by atoms with E-state index in [0.717, 1.165) is 30.0 Å². The fourth-order valence-corrected chi connectivity index (χ4v) is 4.16. The van der Waals surface area contributed by atoms with Gasteiger partial charge >= 0.3 is 0 Å². The first-order valence-corrected chi connectivity index (χ1v) is 9.70. The average molecular weight is 368 g/mol. The van der Waals surface area contributed by atoms with Gasteiger partial charge in [-0.15, -0.1) is 0 Å². The molecule has 0 radical (unpaired) electrons. The first-order chi connectivity index (χ1) is 13.2. The van der Waals surface area contributed by atoms with Crippen LogP contribution >= 0.6 is 0 Å². The molecule has 7 heteroatoms. The molecule has 5 rings (SSSR count). The second kappa shape index (κ2) is 6.64. The molecule has 2 aromatic rings. The Hall–Kier alpha value is -2.41. The van der Waals surface area contributed by atoms with Gasteiger partial charge in [0.1, 0.15) is 5.76 Å². The van der Waals surface area contributed by atoms with Gasteiger partial charge in [0.05, 0.1) is 37.1 Å². The lowest BCUT2D eigenvalue weighted by atomic mass is 9.80. The third kappa shape index (κ3) is 3.32. The van der Waals surface area contributed by atoms with E-state index >= 15 is 0 Å². The van der Waals surface area contributed by atoms with Crippen LogP contribution in [-0.4, -0.2) is 40.5 Å². The molecule has 142 valence electrons. The molecule has 2 aromatic heterocycles. The number of likely N-dealkylation sites (tertiary alicyclic amines) is 1. The van der Waals surface area contributed by atoms with Crippen LogP contribution in [0.2, 0.25) is 0 Å². The molecular formula is C20H24N4O3. The van der Waals surface area contributed by atoms with Gasteiger partial charge in [-0.05, 0) is 37.3 Å². The SMILES string of the molecule is O=C(CC1CC1)N1CC[C@]2(COCc3cnc(NCc4ccco4)nc32)C1. The Labute approximate surface area is 158 Å². The Morgan fingerprint density at radius 1 is 1.41 bits per heavy atom. The normalized spacial score (nSPS) is 24.2. The maximum Gasteiger partial charge on any atom is 0.223 e. The molecule has 1 saturated carbocycles. The van der Waals surface area contributed by atoms with Gasteiger partial charge in [0, 0.05) is 31.3 Å². The molecule has 1 amide bonds. The molecule has 1 atom stereocenters. The molecule has 1 saturated heterocycles. The summed E-state index contributed by atoms with van der Waals surface area (Å²) in [5.74, 6) is 2.33. The Kier molecular flexibility index (Phi) is 4.11. The summed E-state index contributed by atoms with van der Waals surface area (Å²) in [6, 6.07) is 3.78. The summed E-state index contributed by atoms with van der Waals surface area (Å²) in [5, 5.41) is 3.23. The molecule has 0 unspecified atom stereocenters. The highest BCUT2D eigenvalue weighted by Gasteiger charge is 2.46. The number of furan rings is 1. The zero-order valence-electron chi connectivity index (χ0n) is 15.3. The van der Waals surface area contributed by atoms with Crippen LogP contribution in [-0.2, 0) is 28.1 Å². The minimum absolute atomic E-state index is 0.211. The van der Waals surface area contributed by atoms with E-state index in [4.69, 9.17) is 14.1 Å². The second-order valence-electron chi connectivity index (χ2n) is 7.99. The van der Waals surface area contributed by atoms with Crippen molar-refractivity contribution < 1.29 is 13.9 Å². The van der Waals surface area contributed by atoms with Crippen molar-refractivity contribution in [3.8, 4) is 0 Å². The van der Waals surface area contributed by atoms with Crippen molar-refractivity contribution in [2.75, 3.05) is 25.0 Å². The van der Waals surface area contributed by atoms with Crippen LogP contribution < -0.4 is 5.32 Å². The monoisotopic (exact) mass is 368 g/mol. The number of rotatable bonds is 5. The van der Waals surface area contributed by atoms with E-state index < -0.39 is 0 Å². The number of ether oxygens (including phenoxy) is 1. The van der Waals surface area contributed by atoms with Crippen LogP contribution in [0.5, 0.6) is 0 Å². The van der Waals surface area contributed by atoms with Crippen LogP contribution in [0.15, 0.2) is 29.0 Å². The molecular weight excluding hydrogens is 344 g/mol. The first-order valence-electron chi connectivity index (χ1n) is 9.70. The van der Waals surface area contributed by atoms with Gasteiger partial charge in [-0.3, -0.25) is 4.79 Å². The molecule has 1 spiro atoms. The molecule has 4 heterocycles. The minimum Gasteiger partial charge on any atom is -0.467 e. The minimum atomic E-state index is -0.211. The van der Waals surface area contributed by atoms with E-state index in [-0.39, 0.29) is 11.3 Å². The summed E-state index contributed by atoms with van der Waals surface area (Å²) in [6.45, 7) is 3.17. The summed E-state index contributed by atoms with van der Waals surface area (Å²) in [7, 11) is 0. The highest BCUT2D eigenvalue weighted by Crippen LogP contribution is 2.40. The molecule has 3 aliphatic rings. The Bertz CT molecular complexity index is 834.